The number of anilines is 2. The van der Waals surface area contributed by atoms with Crippen molar-refractivity contribution in [3.63, 3.8) is 0 Å². The number of nitrogens with zero attached hydrogens (tertiary/aromatic N) is 4. The first kappa shape index (κ1) is 15.4. The van der Waals surface area contributed by atoms with Gasteiger partial charge < -0.3 is 5.32 Å². The zero-order valence-corrected chi connectivity index (χ0v) is 11.6. The maximum absolute atomic E-state index is 12.3. The van der Waals surface area contributed by atoms with Gasteiger partial charge in [0.15, 0.2) is 0 Å². The van der Waals surface area contributed by atoms with Gasteiger partial charge in [-0.1, -0.05) is 11.6 Å². The summed E-state index contributed by atoms with van der Waals surface area (Å²) in [4.78, 5) is 11.7. The highest BCUT2D eigenvalue weighted by Crippen LogP contribution is 2.22. The standard InChI is InChI=1S/C11H11ClF3N5O/c1-2-19-5-7(3-16-19)18-8-4-17-20(6-11(13,14)15)10(21)9(8)12/h3-5,18H,2,6H2,1H3. The van der Waals surface area contributed by atoms with Crippen LogP contribution in [-0.4, -0.2) is 25.7 Å². The Morgan fingerprint density at radius 1 is 1.33 bits per heavy atom. The van der Waals surface area contributed by atoms with Gasteiger partial charge in [0.05, 0.1) is 23.8 Å². The van der Waals surface area contributed by atoms with Crippen LogP contribution in [0.2, 0.25) is 5.02 Å². The number of hydrogen-bond donors (Lipinski definition) is 1. The Labute approximate surface area is 122 Å². The summed E-state index contributed by atoms with van der Waals surface area (Å²) in [5.74, 6) is 0. The zero-order chi connectivity index (χ0) is 15.6. The largest absolute Gasteiger partial charge is 0.408 e. The molecule has 1 N–H and O–H groups in total. The second-order valence-corrected chi connectivity index (χ2v) is 4.54. The fourth-order valence-corrected chi connectivity index (χ4v) is 1.78. The van der Waals surface area contributed by atoms with Crippen molar-refractivity contribution in [2.24, 2.45) is 0 Å². The lowest BCUT2D eigenvalue weighted by Crippen LogP contribution is -2.30. The van der Waals surface area contributed by atoms with Crippen molar-refractivity contribution < 1.29 is 13.2 Å². The number of aryl methyl sites for hydroxylation is 1. The molecule has 2 rings (SSSR count). The molecule has 0 bridgehead atoms. The first-order valence-electron chi connectivity index (χ1n) is 5.92. The molecule has 0 amide bonds. The van der Waals surface area contributed by atoms with Gasteiger partial charge in [-0.15, -0.1) is 0 Å². The number of hydrogen-bond acceptors (Lipinski definition) is 4. The van der Waals surface area contributed by atoms with Crippen LogP contribution in [0.15, 0.2) is 23.4 Å². The number of halogens is 4. The first-order chi connectivity index (χ1) is 9.80. The average Bonchev–Trinajstić information content (AvgIpc) is 2.85. The molecule has 0 saturated heterocycles. The van der Waals surface area contributed by atoms with E-state index in [1.54, 1.807) is 10.9 Å². The van der Waals surface area contributed by atoms with Crippen molar-refractivity contribution in [2.45, 2.75) is 26.2 Å². The third-order valence-corrected chi connectivity index (χ3v) is 2.92. The van der Waals surface area contributed by atoms with E-state index in [9.17, 15) is 18.0 Å². The van der Waals surface area contributed by atoms with E-state index >= 15 is 0 Å². The Morgan fingerprint density at radius 2 is 2.05 bits per heavy atom. The van der Waals surface area contributed by atoms with Crippen LogP contribution in [0.1, 0.15) is 6.92 Å². The summed E-state index contributed by atoms with van der Waals surface area (Å²) in [5.41, 5.74) is -0.342. The molecule has 2 aromatic heterocycles. The van der Waals surface area contributed by atoms with Crippen LogP contribution in [0.3, 0.4) is 0 Å². The molecule has 6 nitrogen and oxygen atoms in total. The molecule has 0 saturated carbocycles. The molecule has 0 atom stereocenters. The monoisotopic (exact) mass is 321 g/mol. The molecule has 0 radical (unpaired) electrons. The summed E-state index contributed by atoms with van der Waals surface area (Å²) in [7, 11) is 0. The van der Waals surface area contributed by atoms with E-state index in [0.717, 1.165) is 6.20 Å². The molecule has 2 aromatic rings. The van der Waals surface area contributed by atoms with Crippen LogP contribution in [0, 0.1) is 0 Å². The summed E-state index contributed by atoms with van der Waals surface area (Å²) in [6.07, 6.45) is -0.311. The Morgan fingerprint density at radius 3 is 2.62 bits per heavy atom. The first-order valence-corrected chi connectivity index (χ1v) is 6.30. The lowest BCUT2D eigenvalue weighted by Gasteiger charge is -2.10. The summed E-state index contributed by atoms with van der Waals surface area (Å²) >= 11 is 5.79. The molecule has 2 heterocycles. The van der Waals surface area contributed by atoms with E-state index in [2.05, 4.69) is 15.5 Å². The Kier molecular flexibility index (Phi) is 4.21. The van der Waals surface area contributed by atoms with Gasteiger partial charge in [0.1, 0.15) is 11.6 Å². The second-order valence-electron chi connectivity index (χ2n) is 4.16. The predicted molar refractivity (Wildman–Crippen MR) is 70.7 cm³/mol. The van der Waals surface area contributed by atoms with Crippen molar-refractivity contribution >= 4 is 23.0 Å². The van der Waals surface area contributed by atoms with Crippen LogP contribution >= 0.6 is 11.6 Å². The van der Waals surface area contributed by atoms with E-state index in [1.807, 2.05) is 6.92 Å². The molecule has 0 fully saturated rings. The molecule has 0 aliphatic carbocycles. The molecule has 0 aliphatic rings. The SMILES string of the molecule is CCn1cc(Nc2cnn(CC(F)(F)F)c(=O)c2Cl)cn1. The van der Waals surface area contributed by atoms with Gasteiger partial charge >= 0.3 is 6.18 Å². The third-order valence-electron chi connectivity index (χ3n) is 2.55. The van der Waals surface area contributed by atoms with E-state index in [4.69, 9.17) is 11.6 Å². The highest BCUT2D eigenvalue weighted by Gasteiger charge is 2.29. The molecule has 0 spiro atoms. The normalized spacial score (nSPS) is 11.7. The van der Waals surface area contributed by atoms with Crippen LogP contribution in [0.5, 0.6) is 0 Å². The molecule has 114 valence electrons. The molecule has 0 unspecified atom stereocenters. The van der Waals surface area contributed by atoms with Gasteiger partial charge in [-0.2, -0.15) is 23.4 Å². The van der Waals surface area contributed by atoms with Crippen LogP contribution in [0.25, 0.3) is 0 Å². The highest BCUT2D eigenvalue weighted by atomic mass is 35.5. The second kappa shape index (κ2) is 5.76. The minimum absolute atomic E-state index is 0.121. The maximum Gasteiger partial charge on any atom is 0.408 e. The van der Waals surface area contributed by atoms with Crippen molar-refractivity contribution in [1.82, 2.24) is 19.6 Å². The minimum Gasteiger partial charge on any atom is -0.350 e. The van der Waals surface area contributed by atoms with Gasteiger partial charge in [-0.3, -0.25) is 9.48 Å². The van der Waals surface area contributed by atoms with Gasteiger partial charge in [0.2, 0.25) is 0 Å². The summed E-state index contributed by atoms with van der Waals surface area (Å²) in [6, 6.07) is 0. The van der Waals surface area contributed by atoms with Crippen molar-refractivity contribution in [2.75, 3.05) is 5.32 Å². The molecule has 10 heteroatoms. The zero-order valence-electron chi connectivity index (χ0n) is 10.9. The van der Waals surface area contributed by atoms with E-state index in [-0.39, 0.29) is 15.4 Å². The molecule has 0 aromatic carbocycles. The topological polar surface area (TPSA) is 64.7 Å². The molecular weight excluding hydrogens is 311 g/mol. The van der Waals surface area contributed by atoms with Crippen LogP contribution in [-0.2, 0) is 13.1 Å². The van der Waals surface area contributed by atoms with E-state index in [1.165, 1.54) is 6.20 Å². The Balaban J connectivity index is 2.26. The lowest BCUT2D eigenvalue weighted by atomic mass is 10.4. The van der Waals surface area contributed by atoms with E-state index in [0.29, 0.717) is 12.2 Å². The quantitative estimate of drug-likeness (QED) is 0.939. The fourth-order valence-electron chi connectivity index (χ4n) is 1.59. The van der Waals surface area contributed by atoms with Crippen molar-refractivity contribution in [3.05, 3.63) is 34.0 Å². The van der Waals surface area contributed by atoms with Gasteiger partial charge in [-0.25, -0.2) is 4.68 Å². The molecule has 21 heavy (non-hydrogen) atoms. The number of nitrogens with one attached hydrogen (secondary N) is 1. The van der Waals surface area contributed by atoms with Crippen LogP contribution < -0.4 is 10.9 Å². The smallest absolute Gasteiger partial charge is 0.350 e. The maximum atomic E-state index is 12.3. The highest BCUT2D eigenvalue weighted by molar-refractivity contribution is 6.33. The van der Waals surface area contributed by atoms with E-state index < -0.39 is 18.3 Å². The number of alkyl halides is 3. The Bertz CT molecular complexity index is 694. The molecule has 0 aliphatic heterocycles. The van der Waals surface area contributed by atoms with Crippen molar-refractivity contribution in [3.8, 4) is 0 Å². The summed E-state index contributed by atoms with van der Waals surface area (Å²) in [5, 5.41) is 9.89. The van der Waals surface area contributed by atoms with Gasteiger partial charge in [-0.05, 0) is 6.92 Å². The summed E-state index contributed by atoms with van der Waals surface area (Å²) in [6.45, 7) is 1.06. The molecular formula is C11H11ClF3N5O. The van der Waals surface area contributed by atoms with Gasteiger partial charge in [0.25, 0.3) is 5.56 Å². The minimum atomic E-state index is -4.54. The number of aromatic nitrogens is 4. The van der Waals surface area contributed by atoms with Gasteiger partial charge in [0, 0.05) is 12.7 Å². The average molecular weight is 322 g/mol. The predicted octanol–water partition coefficient (Wildman–Crippen LogP) is 2.42. The number of rotatable bonds is 4. The summed E-state index contributed by atoms with van der Waals surface area (Å²) < 4.78 is 38.7. The fraction of sp³-hybridized carbons (Fsp3) is 0.364. The third kappa shape index (κ3) is 3.75. The lowest BCUT2D eigenvalue weighted by molar-refractivity contribution is -0.143. The Hall–Kier alpha value is -2.03. The van der Waals surface area contributed by atoms with Crippen LogP contribution in [0.4, 0.5) is 24.5 Å². The van der Waals surface area contributed by atoms with Crippen molar-refractivity contribution in [1.29, 1.82) is 0 Å².